The van der Waals surface area contributed by atoms with E-state index in [1.165, 1.54) is 5.56 Å². The van der Waals surface area contributed by atoms with Gasteiger partial charge in [-0.15, -0.1) is 0 Å². The Morgan fingerprint density at radius 3 is 2.64 bits per heavy atom. The Kier molecular flexibility index (Phi) is 5.88. The number of aliphatic hydroxyl groups is 1. The zero-order chi connectivity index (χ0) is 17.5. The van der Waals surface area contributed by atoms with Crippen LogP contribution in [0.1, 0.15) is 22.8 Å². The molecule has 0 fully saturated rings. The van der Waals surface area contributed by atoms with Crippen LogP contribution in [0.15, 0.2) is 73.1 Å². The molecule has 3 rings (SSSR count). The first-order valence-corrected chi connectivity index (χ1v) is 8.47. The lowest BCUT2D eigenvalue weighted by atomic mass is 10.1. The summed E-state index contributed by atoms with van der Waals surface area (Å²) in [6, 6.07) is 19.8. The van der Waals surface area contributed by atoms with Gasteiger partial charge in [0.15, 0.2) is 0 Å². The molecule has 0 saturated carbocycles. The van der Waals surface area contributed by atoms with Gasteiger partial charge in [-0.3, -0.25) is 0 Å². The van der Waals surface area contributed by atoms with Crippen LogP contribution < -0.4 is 10.1 Å². The Bertz CT molecular complexity index is 783. The third kappa shape index (κ3) is 5.21. The van der Waals surface area contributed by atoms with Gasteiger partial charge in [0.1, 0.15) is 12.4 Å². The first-order valence-electron chi connectivity index (χ1n) is 8.47. The predicted octanol–water partition coefficient (Wildman–Crippen LogP) is 3.43. The second-order valence-corrected chi connectivity index (χ2v) is 6.18. The zero-order valence-corrected chi connectivity index (χ0v) is 14.4. The lowest BCUT2D eigenvalue weighted by Crippen LogP contribution is -2.20. The number of aryl methyl sites for hydroxylation is 1. The Labute approximate surface area is 148 Å². The summed E-state index contributed by atoms with van der Waals surface area (Å²) in [6.45, 7) is 1.76. The van der Waals surface area contributed by atoms with E-state index in [0.29, 0.717) is 13.2 Å². The van der Waals surface area contributed by atoms with Crippen molar-refractivity contribution in [3.8, 4) is 5.75 Å². The largest absolute Gasteiger partial charge is 0.489 e. The molecular weight excluding hydrogens is 312 g/mol. The molecule has 0 bridgehead atoms. The number of aromatic nitrogens is 1. The molecule has 0 radical (unpaired) electrons. The molecule has 1 heterocycles. The van der Waals surface area contributed by atoms with Gasteiger partial charge in [-0.25, -0.2) is 0 Å². The quantitative estimate of drug-likeness (QED) is 0.662. The first-order chi connectivity index (χ1) is 12.2. The van der Waals surface area contributed by atoms with Crippen LogP contribution >= 0.6 is 0 Å². The second kappa shape index (κ2) is 8.51. The second-order valence-electron chi connectivity index (χ2n) is 6.18. The molecule has 4 nitrogen and oxygen atoms in total. The van der Waals surface area contributed by atoms with Gasteiger partial charge >= 0.3 is 0 Å². The molecule has 0 saturated heterocycles. The number of ether oxygens (including phenoxy) is 1. The number of hydrogen-bond donors (Lipinski definition) is 2. The van der Waals surface area contributed by atoms with E-state index in [1.54, 1.807) is 0 Å². The van der Waals surface area contributed by atoms with Crippen LogP contribution in [0.25, 0.3) is 0 Å². The van der Waals surface area contributed by atoms with Crippen molar-refractivity contribution in [1.82, 2.24) is 9.88 Å². The zero-order valence-electron chi connectivity index (χ0n) is 14.4. The Balaban J connectivity index is 1.51. The molecule has 4 heteroatoms. The van der Waals surface area contributed by atoms with Crippen molar-refractivity contribution in [3.63, 3.8) is 0 Å². The third-order valence-corrected chi connectivity index (χ3v) is 4.05. The molecule has 3 aromatic rings. The predicted molar refractivity (Wildman–Crippen MR) is 99.3 cm³/mol. The van der Waals surface area contributed by atoms with E-state index in [4.69, 9.17) is 4.74 Å². The normalized spacial score (nSPS) is 12.1. The van der Waals surface area contributed by atoms with Crippen molar-refractivity contribution in [3.05, 3.63) is 89.7 Å². The summed E-state index contributed by atoms with van der Waals surface area (Å²) in [4.78, 5) is 0. The molecule has 0 spiro atoms. The van der Waals surface area contributed by atoms with Crippen molar-refractivity contribution in [1.29, 1.82) is 0 Å². The van der Waals surface area contributed by atoms with Gasteiger partial charge in [0, 0.05) is 32.5 Å². The Morgan fingerprint density at radius 2 is 1.88 bits per heavy atom. The molecule has 0 aliphatic heterocycles. The minimum Gasteiger partial charge on any atom is -0.489 e. The molecule has 2 aromatic carbocycles. The lowest BCUT2D eigenvalue weighted by molar-refractivity contribution is 0.173. The fourth-order valence-corrected chi connectivity index (χ4v) is 2.69. The molecule has 1 unspecified atom stereocenters. The summed E-state index contributed by atoms with van der Waals surface area (Å²) >= 11 is 0. The lowest BCUT2D eigenvalue weighted by Gasteiger charge is -2.14. The summed E-state index contributed by atoms with van der Waals surface area (Å²) in [5.74, 6) is 0.767. The summed E-state index contributed by atoms with van der Waals surface area (Å²) < 4.78 is 7.84. The highest BCUT2D eigenvalue weighted by Gasteiger charge is 2.08. The standard InChI is InChI=1S/C21H24N2O2/c1-23-11-10-18(15-23)13-22-14-21(24)19-8-5-9-20(12-19)25-16-17-6-3-2-4-7-17/h2-12,15,21-22,24H,13-14,16H2,1H3. The van der Waals surface area contributed by atoms with Crippen LogP contribution in [0.4, 0.5) is 0 Å². The van der Waals surface area contributed by atoms with Gasteiger partial charge in [-0.2, -0.15) is 0 Å². The Morgan fingerprint density at radius 1 is 1.04 bits per heavy atom. The van der Waals surface area contributed by atoms with Crippen molar-refractivity contribution in [2.75, 3.05) is 6.54 Å². The summed E-state index contributed by atoms with van der Waals surface area (Å²) in [5.41, 5.74) is 3.18. The van der Waals surface area contributed by atoms with Crippen molar-refractivity contribution in [2.24, 2.45) is 7.05 Å². The minimum absolute atomic E-state index is 0.497. The van der Waals surface area contributed by atoms with Crippen molar-refractivity contribution in [2.45, 2.75) is 19.3 Å². The van der Waals surface area contributed by atoms with E-state index < -0.39 is 6.10 Å². The molecule has 2 N–H and O–H groups in total. The molecule has 25 heavy (non-hydrogen) atoms. The van der Waals surface area contributed by atoms with E-state index in [2.05, 4.69) is 17.6 Å². The fraction of sp³-hybridized carbons (Fsp3) is 0.238. The molecule has 130 valence electrons. The van der Waals surface area contributed by atoms with Gasteiger partial charge in [-0.1, -0.05) is 42.5 Å². The number of nitrogens with one attached hydrogen (secondary N) is 1. The minimum atomic E-state index is -0.566. The van der Waals surface area contributed by atoms with Crippen LogP contribution in [0.3, 0.4) is 0 Å². The molecule has 0 aliphatic rings. The smallest absolute Gasteiger partial charge is 0.120 e. The monoisotopic (exact) mass is 336 g/mol. The number of rotatable bonds is 8. The van der Waals surface area contributed by atoms with E-state index >= 15 is 0 Å². The third-order valence-electron chi connectivity index (χ3n) is 4.05. The van der Waals surface area contributed by atoms with E-state index in [-0.39, 0.29) is 0 Å². The van der Waals surface area contributed by atoms with Crippen LogP contribution in [-0.4, -0.2) is 16.2 Å². The number of nitrogens with zero attached hydrogens (tertiary/aromatic N) is 1. The highest BCUT2D eigenvalue weighted by atomic mass is 16.5. The van der Waals surface area contributed by atoms with Gasteiger partial charge < -0.3 is 19.7 Å². The summed E-state index contributed by atoms with van der Waals surface area (Å²) in [5, 5.41) is 13.7. The summed E-state index contributed by atoms with van der Waals surface area (Å²) in [7, 11) is 2.00. The SMILES string of the molecule is Cn1ccc(CNCC(O)c2cccc(OCc3ccccc3)c2)c1. The maximum Gasteiger partial charge on any atom is 0.120 e. The Hall–Kier alpha value is -2.56. The fourth-order valence-electron chi connectivity index (χ4n) is 2.69. The van der Waals surface area contributed by atoms with Crippen LogP contribution in [-0.2, 0) is 20.2 Å². The van der Waals surface area contributed by atoms with Crippen LogP contribution in [0.5, 0.6) is 5.75 Å². The maximum absolute atomic E-state index is 10.4. The number of aliphatic hydroxyl groups excluding tert-OH is 1. The van der Waals surface area contributed by atoms with E-state index in [0.717, 1.165) is 23.4 Å². The molecule has 1 atom stereocenters. The van der Waals surface area contributed by atoms with E-state index in [9.17, 15) is 5.11 Å². The highest BCUT2D eigenvalue weighted by Crippen LogP contribution is 2.20. The number of hydrogen-bond acceptors (Lipinski definition) is 3. The average Bonchev–Trinajstić information content (AvgIpc) is 3.06. The van der Waals surface area contributed by atoms with Gasteiger partial charge in [-0.05, 0) is 34.9 Å². The van der Waals surface area contributed by atoms with Gasteiger partial charge in [0.05, 0.1) is 6.10 Å². The first kappa shape index (κ1) is 17.3. The van der Waals surface area contributed by atoms with Crippen molar-refractivity contribution < 1.29 is 9.84 Å². The topological polar surface area (TPSA) is 46.4 Å². The summed E-state index contributed by atoms with van der Waals surface area (Å²) in [6.07, 6.45) is 3.52. The van der Waals surface area contributed by atoms with Gasteiger partial charge in [0.25, 0.3) is 0 Å². The van der Waals surface area contributed by atoms with Crippen LogP contribution in [0, 0.1) is 0 Å². The van der Waals surface area contributed by atoms with Crippen LogP contribution in [0.2, 0.25) is 0 Å². The highest BCUT2D eigenvalue weighted by molar-refractivity contribution is 5.30. The molecule has 1 aromatic heterocycles. The van der Waals surface area contributed by atoms with E-state index in [1.807, 2.05) is 72.4 Å². The molecular formula is C21H24N2O2. The molecule has 0 aliphatic carbocycles. The van der Waals surface area contributed by atoms with Crippen molar-refractivity contribution >= 4 is 0 Å². The molecule has 0 amide bonds. The maximum atomic E-state index is 10.4. The van der Waals surface area contributed by atoms with Gasteiger partial charge in [0.2, 0.25) is 0 Å². The number of benzene rings is 2. The average molecular weight is 336 g/mol.